The molecule has 5 nitrogen and oxygen atoms in total. The van der Waals surface area contributed by atoms with Crippen LogP contribution >= 0.6 is 23.5 Å². The molecule has 0 radical (unpaired) electrons. The third-order valence-corrected chi connectivity index (χ3v) is 9.27. The minimum Gasteiger partial charge on any atom is -0.310 e. The Labute approximate surface area is 254 Å². The zero-order chi connectivity index (χ0) is 28.3. The molecule has 0 aliphatic heterocycles. The van der Waals surface area contributed by atoms with E-state index in [9.17, 15) is 0 Å². The van der Waals surface area contributed by atoms with Crippen molar-refractivity contribution in [1.29, 1.82) is 0 Å². The maximum atomic E-state index is 4.50. The van der Waals surface area contributed by atoms with E-state index in [1.807, 2.05) is 12.1 Å². The topological polar surface area (TPSA) is 54.8 Å². The summed E-state index contributed by atoms with van der Waals surface area (Å²) in [5, 5.41) is 7.44. The lowest BCUT2D eigenvalue weighted by atomic mass is 9.92. The monoisotopic (exact) mass is 587 g/mol. The van der Waals surface area contributed by atoms with Crippen molar-refractivity contribution >= 4 is 94.9 Å². The van der Waals surface area contributed by atoms with Gasteiger partial charge in [-0.15, -0.1) is 0 Å². The summed E-state index contributed by atoms with van der Waals surface area (Å²) < 4.78 is 17.8. The van der Waals surface area contributed by atoms with E-state index < -0.39 is 0 Å². The highest BCUT2D eigenvalue weighted by Crippen LogP contribution is 2.40. The predicted molar refractivity (Wildman–Crippen MR) is 181 cm³/mol. The van der Waals surface area contributed by atoms with Crippen molar-refractivity contribution in [3.8, 4) is 11.1 Å². The van der Waals surface area contributed by atoms with Crippen LogP contribution in [-0.4, -0.2) is 17.5 Å². The van der Waals surface area contributed by atoms with Crippen LogP contribution in [-0.2, 0) is 0 Å². The van der Waals surface area contributed by atoms with E-state index >= 15 is 0 Å². The highest BCUT2D eigenvalue weighted by atomic mass is 32.1. The number of benzene rings is 7. The Morgan fingerprint density at radius 1 is 0.395 bits per heavy atom. The molecular weight excluding hydrogens is 567 g/mol. The molecule has 0 N–H and O–H groups in total. The van der Waals surface area contributed by atoms with E-state index in [-0.39, 0.29) is 0 Å². The second-order valence-corrected chi connectivity index (χ2v) is 11.7. The van der Waals surface area contributed by atoms with Crippen molar-refractivity contribution in [2.45, 2.75) is 0 Å². The van der Waals surface area contributed by atoms with Crippen LogP contribution in [0.15, 0.2) is 127 Å². The molecule has 0 atom stereocenters. The van der Waals surface area contributed by atoms with Crippen LogP contribution in [0.1, 0.15) is 0 Å². The highest BCUT2D eigenvalue weighted by Gasteiger charge is 2.16. The number of nitrogens with zero attached hydrogens (tertiary/aromatic N) is 5. The molecule has 43 heavy (non-hydrogen) atoms. The number of aromatic nitrogens is 4. The molecule has 0 aliphatic carbocycles. The van der Waals surface area contributed by atoms with Gasteiger partial charge in [0.15, 0.2) is 0 Å². The third-order valence-electron chi connectivity index (χ3n) is 8.15. The van der Waals surface area contributed by atoms with E-state index in [2.05, 4.69) is 138 Å². The van der Waals surface area contributed by atoms with E-state index in [4.69, 9.17) is 0 Å². The molecule has 0 fully saturated rings. The Morgan fingerprint density at radius 2 is 0.953 bits per heavy atom. The van der Waals surface area contributed by atoms with Gasteiger partial charge in [-0.2, -0.15) is 17.5 Å². The number of hydrogen-bond donors (Lipinski definition) is 0. The fraction of sp³-hybridized carbons (Fsp3) is 0. The lowest BCUT2D eigenvalue weighted by molar-refractivity contribution is 1.30. The first-order valence-electron chi connectivity index (χ1n) is 14.0. The van der Waals surface area contributed by atoms with Crippen molar-refractivity contribution in [2.75, 3.05) is 4.90 Å². The van der Waals surface area contributed by atoms with E-state index in [1.165, 1.54) is 66.9 Å². The zero-order valence-electron chi connectivity index (χ0n) is 22.7. The first-order chi connectivity index (χ1) is 21.3. The molecule has 0 unspecified atom stereocenters. The first kappa shape index (κ1) is 24.4. The molecule has 7 heteroatoms. The van der Waals surface area contributed by atoms with Gasteiger partial charge in [0.1, 0.15) is 22.1 Å². The number of hydrogen-bond acceptors (Lipinski definition) is 7. The van der Waals surface area contributed by atoms with Crippen LogP contribution in [0.4, 0.5) is 17.1 Å². The SMILES string of the molecule is c1ccc2c(c1)cc(-c1ccc3cc(N(c4ccc5nsnc5c4)c4ccc5nsnc5c4)ccc3c1)c1ccccc12. The molecule has 0 saturated heterocycles. The zero-order valence-corrected chi connectivity index (χ0v) is 24.3. The van der Waals surface area contributed by atoms with Gasteiger partial charge in [0.05, 0.1) is 23.5 Å². The van der Waals surface area contributed by atoms with Gasteiger partial charge in [-0.05, 0) is 104 Å². The molecule has 0 saturated carbocycles. The summed E-state index contributed by atoms with van der Waals surface area (Å²) in [5.74, 6) is 0. The Morgan fingerprint density at radius 3 is 1.70 bits per heavy atom. The second-order valence-electron chi connectivity index (χ2n) is 10.6. The molecule has 7 aromatic carbocycles. The van der Waals surface area contributed by atoms with Gasteiger partial charge < -0.3 is 4.90 Å². The normalized spacial score (nSPS) is 11.7. The van der Waals surface area contributed by atoms with Crippen LogP contribution in [0.5, 0.6) is 0 Å². The number of anilines is 3. The van der Waals surface area contributed by atoms with Crippen LogP contribution in [0, 0.1) is 0 Å². The molecular formula is C36H21N5S2. The van der Waals surface area contributed by atoms with Crippen molar-refractivity contribution in [1.82, 2.24) is 17.5 Å². The average Bonchev–Trinajstić information content (AvgIpc) is 3.73. The van der Waals surface area contributed by atoms with Gasteiger partial charge in [0.25, 0.3) is 0 Å². The van der Waals surface area contributed by atoms with Crippen LogP contribution in [0.25, 0.3) is 65.5 Å². The Kier molecular flexibility index (Phi) is 5.47. The fourth-order valence-corrected chi connectivity index (χ4v) is 7.13. The molecule has 0 amide bonds. The number of rotatable bonds is 4. The smallest absolute Gasteiger partial charge is 0.106 e. The van der Waals surface area contributed by atoms with E-state index in [1.54, 1.807) is 0 Å². The minimum absolute atomic E-state index is 0.886. The van der Waals surface area contributed by atoms with Gasteiger partial charge >= 0.3 is 0 Å². The Bertz CT molecular complexity index is 2420. The lowest BCUT2D eigenvalue weighted by Crippen LogP contribution is -2.10. The van der Waals surface area contributed by atoms with E-state index in [0.717, 1.165) is 39.1 Å². The van der Waals surface area contributed by atoms with Gasteiger partial charge in [-0.1, -0.05) is 66.7 Å². The van der Waals surface area contributed by atoms with Gasteiger partial charge in [-0.25, -0.2) is 0 Å². The molecule has 0 spiro atoms. The van der Waals surface area contributed by atoms with Crippen molar-refractivity contribution in [3.05, 3.63) is 127 Å². The van der Waals surface area contributed by atoms with Gasteiger partial charge in [-0.3, -0.25) is 0 Å². The van der Waals surface area contributed by atoms with Gasteiger partial charge in [0, 0.05) is 17.1 Å². The third kappa shape index (κ3) is 4.05. The van der Waals surface area contributed by atoms with Crippen LogP contribution < -0.4 is 4.90 Å². The molecule has 2 heterocycles. The molecule has 9 rings (SSSR count). The summed E-state index contributed by atoms with van der Waals surface area (Å²) >= 11 is 2.47. The predicted octanol–water partition coefficient (Wildman–Crippen LogP) is 10.3. The van der Waals surface area contributed by atoms with Gasteiger partial charge in [0.2, 0.25) is 0 Å². The van der Waals surface area contributed by atoms with Crippen molar-refractivity contribution < 1.29 is 0 Å². The summed E-state index contributed by atoms with van der Waals surface area (Å²) in [6.07, 6.45) is 0. The van der Waals surface area contributed by atoms with Crippen LogP contribution in [0.2, 0.25) is 0 Å². The molecule has 2 aromatic heterocycles. The average molecular weight is 588 g/mol. The number of fused-ring (bicyclic) bond motifs is 6. The summed E-state index contributed by atoms with van der Waals surface area (Å²) in [7, 11) is 0. The quantitative estimate of drug-likeness (QED) is 0.192. The molecule has 0 aliphatic rings. The molecule has 9 aromatic rings. The Hall–Kier alpha value is -5.24. The standard InChI is InChI=1S/C36H21N5S2/c1-2-6-29-24(5-1)19-32(31-8-4-3-7-30(29)31)25-10-9-23-18-26(12-11-22(23)17-25)41(27-13-15-33-35(20-27)39-42-37-33)28-14-16-34-36(21-28)40-43-38-34/h1-21H. The van der Waals surface area contributed by atoms with Crippen molar-refractivity contribution in [2.24, 2.45) is 0 Å². The molecule has 202 valence electrons. The fourth-order valence-electron chi connectivity index (χ4n) is 6.10. The van der Waals surface area contributed by atoms with Crippen molar-refractivity contribution in [3.63, 3.8) is 0 Å². The summed E-state index contributed by atoms with van der Waals surface area (Å²) in [5.41, 5.74) is 9.12. The highest BCUT2D eigenvalue weighted by molar-refractivity contribution is 7.00. The minimum atomic E-state index is 0.886. The maximum absolute atomic E-state index is 4.50. The Balaban J connectivity index is 1.20. The van der Waals surface area contributed by atoms with Crippen LogP contribution in [0.3, 0.4) is 0 Å². The maximum Gasteiger partial charge on any atom is 0.106 e. The first-order valence-corrected chi connectivity index (χ1v) is 15.4. The second kappa shape index (κ2) is 9.66. The van der Waals surface area contributed by atoms with E-state index in [0.29, 0.717) is 0 Å². The largest absolute Gasteiger partial charge is 0.310 e. The summed E-state index contributed by atoms with van der Waals surface area (Å²) in [6.45, 7) is 0. The molecule has 0 bridgehead atoms. The summed E-state index contributed by atoms with van der Waals surface area (Å²) in [4.78, 5) is 2.25. The summed E-state index contributed by atoms with van der Waals surface area (Å²) in [6, 6.07) is 45.6. The lowest BCUT2D eigenvalue weighted by Gasteiger charge is -2.25.